The first kappa shape index (κ1) is 15.8. The Morgan fingerprint density at radius 3 is 2.70 bits per heavy atom. The minimum atomic E-state index is -0.152. The van der Waals surface area contributed by atoms with Crippen molar-refractivity contribution in [3.8, 4) is 0 Å². The molecule has 0 atom stereocenters. The summed E-state index contributed by atoms with van der Waals surface area (Å²) in [4.78, 5) is 16.9. The number of rotatable bonds is 4. The highest BCUT2D eigenvalue weighted by molar-refractivity contribution is 7.12. The standard InChI is InChI=1S/C16H11Cl2N3OS/c17-10-3-5-12(18)13(8-10)21-15-6-4-11(9-19-15)20-16(22)14-2-1-7-23-14/h1-9H,(H,19,21)(H,20,22). The van der Waals surface area contributed by atoms with Gasteiger partial charge in [0.05, 0.1) is 27.5 Å². The van der Waals surface area contributed by atoms with Crippen molar-refractivity contribution < 1.29 is 4.79 Å². The van der Waals surface area contributed by atoms with Crippen molar-refractivity contribution in [3.05, 3.63) is 69.0 Å². The zero-order valence-electron chi connectivity index (χ0n) is 11.7. The fourth-order valence-electron chi connectivity index (χ4n) is 1.87. The fraction of sp³-hybridized carbons (Fsp3) is 0. The van der Waals surface area contributed by atoms with Gasteiger partial charge in [-0.3, -0.25) is 4.79 Å². The third-order valence-electron chi connectivity index (χ3n) is 2.96. The maximum absolute atomic E-state index is 12.0. The van der Waals surface area contributed by atoms with Crippen LogP contribution in [0, 0.1) is 0 Å². The molecule has 4 nitrogen and oxygen atoms in total. The molecular formula is C16H11Cl2N3OS. The van der Waals surface area contributed by atoms with Crippen molar-refractivity contribution >= 4 is 57.6 Å². The number of thiophene rings is 1. The second-order valence-electron chi connectivity index (χ2n) is 4.61. The van der Waals surface area contributed by atoms with E-state index in [1.165, 1.54) is 11.3 Å². The van der Waals surface area contributed by atoms with Crippen LogP contribution in [0.25, 0.3) is 0 Å². The summed E-state index contributed by atoms with van der Waals surface area (Å²) in [6.07, 6.45) is 1.58. The molecule has 0 aliphatic heterocycles. The SMILES string of the molecule is O=C(Nc1ccc(Nc2cc(Cl)ccc2Cl)nc1)c1cccs1. The van der Waals surface area contributed by atoms with Crippen LogP contribution in [0.3, 0.4) is 0 Å². The van der Waals surface area contributed by atoms with Gasteiger partial charge < -0.3 is 10.6 Å². The molecule has 0 aliphatic carbocycles. The van der Waals surface area contributed by atoms with E-state index in [-0.39, 0.29) is 5.91 Å². The van der Waals surface area contributed by atoms with Gasteiger partial charge in [-0.25, -0.2) is 4.98 Å². The minimum Gasteiger partial charge on any atom is -0.339 e. The Morgan fingerprint density at radius 2 is 2.00 bits per heavy atom. The van der Waals surface area contributed by atoms with Gasteiger partial charge in [0.25, 0.3) is 5.91 Å². The van der Waals surface area contributed by atoms with E-state index in [1.807, 2.05) is 11.4 Å². The third-order valence-corrected chi connectivity index (χ3v) is 4.39. The Labute approximate surface area is 147 Å². The third kappa shape index (κ3) is 4.01. The summed E-state index contributed by atoms with van der Waals surface area (Å²) in [6.45, 7) is 0. The van der Waals surface area contributed by atoms with Crippen molar-refractivity contribution in [3.63, 3.8) is 0 Å². The topological polar surface area (TPSA) is 54.0 Å². The molecule has 23 heavy (non-hydrogen) atoms. The van der Waals surface area contributed by atoms with Crippen molar-refractivity contribution in [2.45, 2.75) is 0 Å². The molecule has 0 fully saturated rings. The highest BCUT2D eigenvalue weighted by Gasteiger charge is 2.07. The predicted molar refractivity (Wildman–Crippen MR) is 96.3 cm³/mol. The summed E-state index contributed by atoms with van der Waals surface area (Å²) in [5.41, 5.74) is 1.29. The van der Waals surface area contributed by atoms with Gasteiger partial charge in [0.1, 0.15) is 5.82 Å². The lowest BCUT2D eigenvalue weighted by atomic mass is 10.3. The van der Waals surface area contributed by atoms with E-state index in [4.69, 9.17) is 23.2 Å². The second-order valence-corrected chi connectivity index (χ2v) is 6.40. The lowest BCUT2D eigenvalue weighted by molar-refractivity contribution is 0.103. The van der Waals surface area contributed by atoms with Crippen LogP contribution in [0.2, 0.25) is 10.0 Å². The number of carbonyl (C=O) groups is 1. The molecule has 0 unspecified atom stereocenters. The van der Waals surface area contributed by atoms with Gasteiger partial charge in [0.2, 0.25) is 0 Å². The highest BCUT2D eigenvalue weighted by Crippen LogP contribution is 2.28. The number of anilines is 3. The molecule has 116 valence electrons. The Balaban J connectivity index is 1.70. The van der Waals surface area contributed by atoms with Crippen LogP contribution in [0.15, 0.2) is 54.0 Å². The molecule has 3 aromatic rings. The van der Waals surface area contributed by atoms with E-state index in [9.17, 15) is 4.79 Å². The van der Waals surface area contributed by atoms with E-state index >= 15 is 0 Å². The molecule has 2 heterocycles. The molecule has 2 aromatic heterocycles. The number of nitrogens with one attached hydrogen (secondary N) is 2. The molecule has 0 saturated carbocycles. The number of benzene rings is 1. The quantitative estimate of drug-likeness (QED) is 0.648. The second kappa shape index (κ2) is 7.00. The number of nitrogens with zero attached hydrogens (tertiary/aromatic N) is 1. The average molecular weight is 364 g/mol. The van der Waals surface area contributed by atoms with E-state index in [2.05, 4.69) is 15.6 Å². The van der Waals surface area contributed by atoms with Gasteiger partial charge in [-0.15, -0.1) is 11.3 Å². The van der Waals surface area contributed by atoms with E-state index in [0.717, 1.165) is 0 Å². The number of amides is 1. The number of aromatic nitrogens is 1. The first-order valence-electron chi connectivity index (χ1n) is 6.65. The molecular weight excluding hydrogens is 353 g/mol. The Hall–Kier alpha value is -2.08. The zero-order chi connectivity index (χ0) is 16.2. The van der Waals surface area contributed by atoms with E-state index < -0.39 is 0 Å². The number of hydrogen-bond acceptors (Lipinski definition) is 4. The molecule has 0 saturated heterocycles. The van der Waals surface area contributed by atoms with Gasteiger partial charge in [0.15, 0.2) is 0 Å². The van der Waals surface area contributed by atoms with Crippen LogP contribution >= 0.6 is 34.5 Å². The molecule has 0 aliphatic rings. The van der Waals surface area contributed by atoms with Gasteiger partial charge in [-0.05, 0) is 41.8 Å². The van der Waals surface area contributed by atoms with Crippen LogP contribution in [-0.2, 0) is 0 Å². The number of carbonyl (C=O) groups excluding carboxylic acids is 1. The van der Waals surface area contributed by atoms with Crippen LogP contribution < -0.4 is 10.6 Å². The van der Waals surface area contributed by atoms with E-state index in [1.54, 1.807) is 42.6 Å². The highest BCUT2D eigenvalue weighted by atomic mass is 35.5. The Bertz CT molecular complexity index is 820. The molecule has 7 heteroatoms. The fourth-order valence-corrected chi connectivity index (χ4v) is 2.83. The van der Waals surface area contributed by atoms with Crippen molar-refractivity contribution in [2.24, 2.45) is 0 Å². The summed E-state index contributed by atoms with van der Waals surface area (Å²) >= 11 is 13.4. The summed E-state index contributed by atoms with van der Waals surface area (Å²) in [5, 5.41) is 8.86. The van der Waals surface area contributed by atoms with Gasteiger partial charge in [-0.2, -0.15) is 0 Å². The van der Waals surface area contributed by atoms with Crippen LogP contribution in [0.1, 0.15) is 9.67 Å². The molecule has 0 spiro atoms. The van der Waals surface area contributed by atoms with Gasteiger partial charge >= 0.3 is 0 Å². The van der Waals surface area contributed by atoms with Crippen LogP contribution in [0.5, 0.6) is 0 Å². The monoisotopic (exact) mass is 363 g/mol. The summed E-state index contributed by atoms with van der Waals surface area (Å²) in [5.74, 6) is 0.448. The van der Waals surface area contributed by atoms with Crippen LogP contribution in [-0.4, -0.2) is 10.9 Å². The van der Waals surface area contributed by atoms with Crippen LogP contribution in [0.4, 0.5) is 17.2 Å². The average Bonchev–Trinajstić information content (AvgIpc) is 3.07. The molecule has 1 aromatic carbocycles. The maximum Gasteiger partial charge on any atom is 0.265 e. The van der Waals surface area contributed by atoms with Gasteiger partial charge in [-0.1, -0.05) is 29.3 Å². The van der Waals surface area contributed by atoms with Crippen molar-refractivity contribution in [2.75, 3.05) is 10.6 Å². The first-order valence-corrected chi connectivity index (χ1v) is 8.28. The van der Waals surface area contributed by atoms with Gasteiger partial charge in [0, 0.05) is 5.02 Å². The number of halogens is 2. The smallest absolute Gasteiger partial charge is 0.265 e. The molecule has 2 N–H and O–H groups in total. The van der Waals surface area contributed by atoms with Crippen molar-refractivity contribution in [1.29, 1.82) is 0 Å². The Morgan fingerprint density at radius 1 is 1.13 bits per heavy atom. The summed E-state index contributed by atoms with van der Waals surface area (Å²) < 4.78 is 0. The largest absolute Gasteiger partial charge is 0.339 e. The summed E-state index contributed by atoms with van der Waals surface area (Å²) in [7, 11) is 0. The minimum absolute atomic E-state index is 0.152. The summed E-state index contributed by atoms with van der Waals surface area (Å²) in [6, 6.07) is 12.3. The zero-order valence-corrected chi connectivity index (χ0v) is 14.0. The van der Waals surface area contributed by atoms with E-state index in [0.29, 0.717) is 32.1 Å². The Kier molecular flexibility index (Phi) is 4.81. The molecule has 1 amide bonds. The lowest BCUT2D eigenvalue weighted by Crippen LogP contribution is -2.10. The van der Waals surface area contributed by atoms with Crippen molar-refractivity contribution in [1.82, 2.24) is 4.98 Å². The number of pyridine rings is 1. The molecule has 0 radical (unpaired) electrons. The predicted octanol–water partition coefficient (Wildman–Crippen LogP) is 5.45. The number of hydrogen-bond donors (Lipinski definition) is 2. The normalized spacial score (nSPS) is 10.3. The molecule has 0 bridgehead atoms. The maximum atomic E-state index is 12.0. The first-order chi connectivity index (χ1) is 11.1. The molecule has 3 rings (SSSR count). The lowest BCUT2D eigenvalue weighted by Gasteiger charge is -2.09.